The number of benzene rings is 1. The van der Waals surface area contributed by atoms with Gasteiger partial charge in [0.1, 0.15) is 18.5 Å². The Morgan fingerprint density at radius 2 is 2.20 bits per heavy atom. The minimum atomic E-state index is -0.670. The highest BCUT2D eigenvalue weighted by Gasteiger charge is 2.28. The number of aliphatic imine (C=N–C) groups is 1. The number of primary amides is 1. The fraction of sp³-hybridized carbons (Fsp3) is 0.571. The normalized spacial score (nSPS) is 19.8. The van der Waals surface area contributed by atoms with Gasteiger partial charge in [-0.2, -0.15) is 0 Å². The highest BCUT2D eigenvalue weighted by molar-refractivity contribution is 5.87. The van der Waals surface area contributed by atoms with E-state index in [1.807, 2.05) is 26.1 Å². The Kier molecular flexibility index (Phi) is 9.07. The lowest BCUT2D eigenvalue weighted by atomic mass is 9.93. The van der Waals surface area contributed by atoms with Crippen LogP contribution in [-0.4, -0.2) is 55.2 Å². The lowest BCUT2D eigenvalue weighted by molar-refractivity contribution is -0.128. The van der Waals surface area contributed by atoms with Gasteiger partial charge in [-0.15, -0.1) is 0 Å². The average molecular weight is 420 g/mol. The predicted octanol–water partition coefficient (Wildman–Crippen LogP) is 1.29. The molecule has 1 aliphatic heterocycles. The molecule has 1 aromatic rings. The second-order valence-corrected chi connectivity index (χ2v) is 7.65. The number of fused-ring (bicyclic) bond motifs is 1. The number of amides is 2. The molecule has 166 valence electrons. The van der Waals surface area contributed by atoms with Crippen LogP contribution in [0.1, 0.15) is 45.1 Å². The van der Waals surface area contributed by atoms with Crippen LogP contribution in [0.25, 0.3) is 0 Å². The summed E-state index contributed by atoms with van der Waals surface area (Å²) >= 11 is 0. The standard InChI is InChI=1S/C21H33N5O4/c1-4-13(2)20(21(22)29)26-19(28)10-24-12-30-11-23-8-7-16-14(3)25-18-9-15(27)5-6-17(16)18/h5-6,8-9,13-14,16,20,24-25,27H,4,7,10-12H2,1-3H3,(H2,22,29)(H,26,28)/t13-,14?,16?,20-/m0/s1. The molecule has 1 aliphatic rings. The molecule has 0 aliphatic carbocycles. The number of anilines is 1. The Hall–Kier alpha value is -2.65. The van der Waals surface area contributed by atoms with E-state index in [9.17, 15) is 14.7 Å². The van der Waals surface area contributed by atoms with Gasteiger partial charge in [-0.1, -0.05) is 26.3 Å². The number of nitrogens with zero attached hydrogens (tertiary/aromatic N) is 1. The Morgan fingerprint density at radius 3 is 2.90 bits per heavy atom. The Bertz CT molecular complexity index is 755. The number of hydrogen-bond acceptors (Lipinski definition) is 7. The Balaban J connectivity index is 1.62. The second kappa shape index (κ2) is 11.5. The summed E-state index contributed by atoms with van der Waals surface area (Å²) in [5.41, 5.74) is 7.48. The number of hydrogen-bond donors (Lipinski definition) is 5. The van der Waals surface area contributed by atoms with E-state index in [4.69, 9.17) is 10.5 Å². The number of rotatable bonds is 12. The first-order valence-corrected chi connectivity index (χ1v) is 10.3. The van der Waals surface area contributed by atoms with Gasteiger partial charge in [0, 0.05) is 29.9 Å². The van der Waals surface area contributed by atoms with Crippen molar-refractivity contribution in [3.05, 3.63) is 23.8 Å². The van der Waals surface area contributed by atoms with Gasteiger partial charge in [-0.05, 0) is 30.9 Å². The lowest BCUT2D eigenvalue weighted by Crippen LogP contribution is -2.50. The van der Waals surface area contributed by atoms with Crippen molar-refractivity contribution in [2.45, 2.75) is 51.6 Å². The summed E-state index contributed by atoms with van der Waals surface area (Å²) < 4.78 is 5.35. The summed E-state index contributed by atoms with van der Waals surface area (Å²) in [4.78, 5) is 27.6. The largest absolute Gasteiger partial charge is 0.508 e. The topological polar surface area (TPSA) is 138 Å². The molecule has 0 bridgehead atoms. The van der Waals surface area contributed by atoms with Crippen molar-refractivity contribution in [2.24, 2.45) is 16.6 Å². The molecule has 1 heterocycles. The fourth-order valence-electron chi connectivity index (χ4n) is 3.47. The number of nitrogens with two attached hydrogens (primary N) is 1. The van der Waals surface area contributed by atoms with E-state index >= 15 is 0 Å². The molecule has 0 aromatic heterocycles. The predicted molar refractivity (Wildman–Crippen MR) is 116 cm³/mol. The maximum atomic E-state index is 11.9. The van der Waals surface area contributed by atoms with Crippen molar-refractivity contribution in [3.8, 4) is 5.75 Å². The van der Waals surface area contributed by atoms with Crippen LogP contribution >= 0.6 is 0 Å². The zero-order valence-corrected chi connectivity index (χ0v) is 17.9. The molecule has 2 amide bonds. The van der Waals surface area contributed by atoms with Crippen molar-refractivity contribution in [1.82, 2.24) is 10.6 Å². The first-order valence-electron chi connectivity index (χ1n) is 10.3. The molecule has 0 spiro atoms. The smallest absolute Gasteiger partial charge is 0.240 e. The van der Waals surface area contributed by atoms with E-state index in [-0.39, 0.29) is 49.5 Å². The van der Waals surface area contributed by atoms with Gasteiger partial charge >= 0.3 is 0 Å². The molecule has 2 rings (SSSR count). The minimum absolute atomic E-state index is 0.0209. The van der Waals surface area contributed by atoms with Crippen molar-refractivity contribution in [3.63, 3.8) is 0 Å². The third-order valence-corrected chi connectivity index (χ3v) is 5.40. The zero-order valence-electron chi connectivity index (χ0n) is 17.9. The number of aromatic hydroxyl groups is 1. The van der Waals surface area contributed by atoms with E-state index in [2.05, 4.69) is 27.9 Å². The highest BCUT2D eigenvalue weighted by Crippen LogP contribution is 2.39. The maximum Gasteiger partial charge on any atom is 0.240 e. The van der Waals surface area contributed by atoms with Crippen molar-refractivity contribution >= 4 is 23.7 Å². The Morgan fingerprint density at radius 1 is 1.43 bits per heavy atom. The van der Waals surface area contributed by atoms with E-state index < -0.39 is 11.9 Å². The second-order valence-electron chi connectivity index (χ2n) is 7.65. The third-order valence-electron chi connectivity index (χ3n) is 5.40. The van der Waals surface area contributed by atoms with Crippen molar-refractivity contribution in [2.75, 3.05) is 25.3 Å². The fourth-order valence-corrected chi connectivity index (χ4v) is 3.47. The molecule has 0 radical (unpaired) electrons. The summed E-state index contributed by atoms with van der Waals surface area (Å²) in [6.45, 7) is 6.28. The molecule has 1 aromatic carbocycles. The van der Waals surface area contributed by atoms with Crippen LogP contribution in [-0.2, 0) is 14.3 Å². The maximum absolute atomic E-state index is 11.9. The van der Waals surface area contributed by atoms with Crippen molar-refractivity contribution < 1.29 is 19.4 Å². The van der Waals surface area contributed by atoms with E-state index in [0.717, 1.165) is 18.5 Å². The van der Waals surface area contributed by atoms with Crippen molar-refractivity contribution in [1.29, 1.82) is 0 Å². The van der Waals surface area contributed by atoms with Crippen LogP contribution in [0, 0.1) is 5.92 Å². The number of phenolic OH excluding ortho intramolecular Hbond substituents is 1. The third kappa shape index (κ3) is 6.70. The summed E-state index contributed by atoms with van der Waals surface area (Å²) in [6.07, 6.45) is 3.34. The molecule has 2 unspecified atom stereocenters. The average Bonchev–Trinajstić information content (AvgIpc) is 3.01. The molecule has 4 atom stereocenters. The van der Waals surface area contributed by atoms with Crippen LogP contribution < -0.4 is 21.7 Å². The molecule has 30 heavy (non-hydrogen) atoms. The molecule has 0 saturated heterocycles. The Labute approximate surface area is 177 Å². The summed E-state index contributed by atoms with van der Waals surface area (Å²) in [7, 11) is 0. The van der Waals surface area contributed by atoms with Crippen LogP contribution in [0.2, 0.25) is 0 Å². The number of nitrogens with one attached hydrogen (secondary N) is 3. The quantitative estimate of drug-likeness (QED) is 0.197. The van der Waals surface area contributed by atoms with Gasteiger partial charge in [0.2, 0.25) is 11.8 Å². The van der Waals surface area contributed by atoms with Crippen LogP contribution in [0.4, 0.5) is 5.69 Å². The van der Waals surface area contributed by atoms with Gasteiger partial charge < -0.3 is 26.2 Å². The highest BCUT2D eigenvalue weighted by atomic mass is 16.5. The molecule has 9 nitrogen and oxygen atoms in total. The van der Waals surface area contributed by atoms with Gasteiger partial charge in [-0.25, -0.2) is 0 Å². The van der Waals surface area contributed by atoms with Gasteiger partial charge in [0.25, 0.3) is 0 Å². The van der Waals surface area contributed by atoms with Crippen LogP contribution in [0.15, 0.2) is 23.2 Å². The van der Waals surface area contributed by atoms with E-state index in [1.54, 1.807) is 12.1 Å². The zero-order chi connectivity index (χ0) is 22.1. The summed E-state index contributed by atoms with van der Waals surface area (Å²) in [6, 6.07) is 4.96. The first kappa shape index (κ1) is 23.6. The summed E-state index contributed by atoms with van der Waals surface area (Å²) in [5, 5.41) is 18.4. The van der Waals surface area contributed by atoms with E-state index in [1.165, 1.54) is 5.56 Å². The number of phenols is 1. The molecule has 0 fully saturated rings. The monoisotopic (exact) mass is 419 g/mol. The molecular formula is C21H33N5O4. The van der Waals surface area contributed by atoms with Crippen LogP contribution in [0.3, 0.4) is 0 Å². The number of ether oxygens (including phenoxy) is 1. The van der Waals surface area contributed by atoms with Gasteiger partial charge in [0.05, 0.1) is 13.3 Å². The molecule has 6 N–H and O–H groups in total. The minimum Gasteiger partial charge on any atom is -0.508 e. The van der Waals surface area contributed by atoms with Crippen LogP contribution in [0.5, 0.6) is 5.75 Å². The molecule has 0 saturated carbocycles. The van der Waals surface area contributed by atoms with Gasteiger partial charge in [-0.3, -0.25) is 19.9 Å². The number of carbonyl (C=O) groups excluding carboxylic acids is 2. The molecular weight excluding hydrogens is 386 g/mol. The SMILES string of the molecule is CC[C@H](C)[C@H](NC(=O)CNCOCN=CCC1c2ccc(O)cc2NC1C)C(N)=O. The first-order chi connectivity index (χ1) is 14.3. The van der Waals surface area contributed by atoms with Gasteiger partial charge in [0.15, 0.2) is 0 Å². The summed E-state index contributed by atoms with van der Waals surface area (Å²) in [5.74, 6) is -0.321. The molecule has 9 heteroatoms. The van der Waals surface area contributed by atoms with E-state index in [0.29, 0.717) is 0 Å². The lowest BCUT2D eigenvalue weighted by Gasteiger charge is -2.21. The number of carbonyl (C=O) groups is 2.